The van der Waals surface area contributed by atoms with Crippen molar-refractivity contribution in [3.8, 4) is 0 Å². The standard InChI is InChI=1S/C17H30N2O2/c20-16(21)11-4-2-1-3-6-12-17-13-7-5-9-15(17)10-8-14-18-19-17/h15H,1-14H2,(H,20,21). The van der Waals surface area contributed by atoms with Crippen LogP contribution in [-0.4, -0.2) is 23.2 Å². The Bertz CT molecular complexity index is 357. The second kappa shape index (κ2) is 8.50. The third-order valence-electron chi connectivity index (χ3n) is 5.25. The highest BCUT2D eigenvalue weighted by molar-refractivity contribution is 5.66. The lowest BCUT2D eigenvalue weighted by molar-refractivity contribution is -0.137. The minimum atomic E-state index is -0.669. The summed E-state index contributed by atoms with van der Waals surface area (Å²) in [5.41, 5.74) is 0.163. The average Bonchev–Trinajstić information content (AvgIpc) is 2.68. The van der Waals surface area contributed by atoms with E-state index in [9.17, 15) is 4.79 Å². The van der Waals surface area contributed by atoms with Crippen molar-refractivity contribution in [2.24, 2.45) is 16.1 Å². The zero-order valence-corrected chi connectivity index (χ0v) is 13.2. The summed E-state index contributed by atoms with van der Waals surface area (Å²) >= 11 is 0. The number of azo groups is 1. The van der Waals surface area contributed by atoms with Gasteiger partial charge in [0.05, 0.1) is 12.1 Å². The maximum absolute atomic E-state index is 10.5. The van der Waals surface area contributed by atoms with Crippen LogP contribution in [0.5, 0.6) is 0 Å². The Morgan fingerprint density at radius 3 is 2.67 bits per heavy atom. The zero-order valence-electron chi connectivity index (χ0n) is 13.2. The fraction of sp³-hybridized carbons (Fsp3) is 0.941. The highest BCUT2D eigenvalue weighted by atomic mass is 16.4. The Balaban J connectivity index is 1.70. The Hall–Kier alpha value is -0.930. The van der Waals surface area contributed by atoms with Gasteiger partial charge in [0.25, 0.3) is 0 Å². The van der Waals surface area contributed by atoms with E-state index in [0.717, 1.165) is 31.7 Å². The topological polar surface area (TPSA) is 62.0 Å². The van der Waals surface area contributed by atoms with E-state index in [0.29, 0.717) is 6.42 Å². The first-order valence-corrected chi connectivity index (χ1v) is 8.83. The summed E-state index contributed by atoms with van der Waals surface area (Å²) in [6.07, 6.45) is 14.8. The highest BCUT2D eigenvalue weighted by Gasteiger charge is 2.40. The van der Waals surface area contributed by atoms with E-state index in [2.05, 4.69) is 5.11 Å². The summed E-state index contributed by atoms with van der Waals surface area (Å²) in [6.45, 7) is 0.924. The van der Waals surface area contributed by atoms with E-state index in [1.165, 1.54) is 57.8 Å². The second-order valence-corrected chi connectivity index (χ2v) is 6.82. The van der Waals surface area contributed by atoms with Crippen LogP contribution >= 0.6 is 0 Å². The smallest absolute Gasteiger partial charge is 0.303 e. The van der Waals surface area contributed by atoms with Crippen molar-refractivity contribution in [3.05, 3.63) is 0 Å². The largest absolute Gasteiger partial charge is 0.481 e. The molecule has 0 radical (unpaired) electrons. The minimum Gasteiger partial charge on any atom is -0.481 e. The van der Waals surface area contributed by atoms with Gasteiger partial charge in [-0.25, -0.2) is 0 Å². The number of hydrogen-bond donors (Lipinski definition) is 1. The van der Waals surface area contributed by atoms with Gasteiger partial charge in [-0.1, -0.05) is 38.5 Å². The van der Waals surface area contributed by atoms with Gasteiger partial charge in [-0.05, 0) is 44.4 Å². The van der Waals surface area contributed by atoms with Crippen LogP contribution in [0.25, 0.3) is 0 Å². The lowest BCUT2D eigenvalue weighted by atomic mass is 9.69. The molecule has 21 heavy (non-hydrogen) atoms. The fourth-order valence-corrected chi connectivity index (χ4v) is 4.06. The zero-order chi connectivity index (χ0) is 15.0. The van der Waals surface area contributed by atoms with Gasteiger partial charge in [0, 0.05) is 6.42 Å². The number of hydrogen-bond acceptors (Lipinski definition) is 3. The van der Waals surface area contributed by atoms with E-state index in [1.54, 1.807) is 0 Å². The third kappa shape index (κ3) is 5.08. The van der Waals surface area contributed by atoms with Crippen molar-refractivity contribution < 1.29 is 9.90 Å². The molecule has 2 rings (SSSR count). The summed E-state index contributed by atoms with van der Waals surface area (Å²) in [5, 5.41) is 17.8. The van der Waals surface area contributed by atoms with E-state index in [-0.39, 0.29) is 5.54 Å². The molecule has 0 amide bonds. The van der Waals surface area contributed by atoms with Gasteiger partial charge >= 0.3 is 5.97 Å². The van der Waals surface area contributed by atoms with Gasteiger partial charge in [-0.3, -0.25) is 4.79 Å². The van der Waals surface area contributed by atoms with Crippen LogP contribution in [0.1, 0.15) is 83.5 Å². The first-order chi connectivity index (χ1) is 10.2. The number of carboxylic acid groups (broad SMARTS) is 1. The highest BCUT2D eigenvalue weighted by Crippen LogP contribution is 2.44. The first kappa shape index (κ1) is 16.4. The van der Waals surface area contributed by atoms with Crippen molar-refractivity contribution >= 4 is 5.97 Å². The lowest BCUT2D eigenvalue weighted by Gasteiger charge is -2.39. The van der Waals surface area contributed by atoms with Crippen LogP contribution in [0.2, 0.25) is 0 Å². The molecule has 0 aromatic carbocycles. The predicted octanol–water partition coefficient (Wildman–Crippen LogP) is 4.98. The number of carboxylic acids is 1. The normalized spacial score (nSPS) is 28.9. The predicted molar refractivity (Wildman–Crippen MR) is 83.6 cm³/mol. The van der Waals surface area contributed by atoms with Crippen molar-refractivity contribution in [1.82, 2.24) is 0 Å². The van der Waals surface area contributed by atoms with Gasteiger partial charge in [-0.2, -0.15) is 10.2 Å². The van der Waals surface area contributed by atoms with Crippen LogP contribution in [0.4, 0.5) is 0 Å². The number of fused-ring (bicyclic) bond motifs is 1. The molecule has 4 heteroatoms. The number of aliphatic carboxylic acids is 1. The number of rotatable bonds is 8. The molecule has 1 aliphatic heterocycles. The molecule has 0 spiro atoms. The summed E-state index contributed by atoms with van der Waals surface area (Å²) < 4.78 is 0. The lowest BCUT2D eigenvalue weighted by Crippen LogP contribution is -2.38. The quantitative estimate of drug-likeness (QED) is 0.642. The van der Waals surface area contributed by atoms with E-state index >= 15 is 0 Å². The van der Waals surface area contributed by atoms with Crippen LogP contribution in [-0.2, 0) is 4.79 Å². The Labute approximate surface area is 128 Å². The van der Waals surface area contributed by atoms with Gasteiger partial charge in [0.15, 0.2) is 0 Å². The van der Waals surface area contributed by atoms with Crippen LogP contribution in [0.15, 0.2) is 10.2 Å². The molecule has 2 aliphatic rings. The molecular weight excluding hydrogens is 264 g/mol. The van der Waals surface area contributed by atoms with Gasteiger partial charge in [0.2, 0.25) is 0 Å². The average molecular weight is 294 g/mol. The van der Waals surface area contributed by atoms with Crippen molar-refractivity contribution in [3.63, 3.8) is 0 Å². The number of unbranched alkanes of at least 4 members (excludes halogenated alkanes) is 4. The van der Waals surface area contributed by atoms with E-state index in [1.807, 2.05) is 0 Å². The monoisotopic (exact) mass is 294 g/mol. The Morgan fingerprint density at radius 2 is 1.81 bits per heavy atom. The molecule has 0 saturated heterocycles. The molecular formula is C17H30N2O2. The second-order valence-electron chi connectivity index (χ2n) is 6.82. The summed E-state index contributed by atoms with van der Waals surface area (Å²) in [6, 6.07) is 0. The Kier molecular flexibility index (Phi) is 6.65. The molecule has 2 atom stereocenters. The van der Waals surface area contributed by atoms with Crippen molar-refractivity contribution in [2.45, 2.75) is 89.0 Å². The number of nitrogens with zero attached hydrogens (tertiary/aromatic N) is 2. The fourth-order valence-electron chi connectivity index (χ4n) is 4.06. The maximum Gasteiger partial charge on any atom is 0.303 e. The molecule has 2 unspecified atom stereocenters. The molecule has 1 saturated carbocycles. The van der Waals surface area contributed by atoms with E-state index in [4.69, 9.17) is 10.2 Å². The number of carbonyl (C=O) groups is 1. The summed E-state index contributed by atoms with van der Waals surface area (Å²) in [7, 11) is 0. The first-order valence-electron chi connectivity index (χ1n) is 8.83. The molecule has 0 aromatic heterocycles. The Morgan fingerprint density at radius 1 is 1.05 bits per heavy atom. The molecule has 1 fully saturated rings. The molecule has 0 bridgehead atoms. The molecule has 0 aromatic rings. The molecule has 1 heterocycles. The minimum absolute atomic E-state index is 0.163. The van der Waals surface area contributed by atoms with Crippen molar-refractivity contribution in [2.75, 3.05) is 6.54 Å². The molecule has 120 valence electrons. The van der Waals surface area contributed by atoms with Crippen LogP contribution < -0.4 is 0 Å². The van der Waals surface area contributed by atoms with Crippen LogP contribution in [0, 0.1) is 5.92 Å². The maximum atomic E-state index is 10.5. The van der Waals surface area contributed by atoms with Gasteiger partial charge in [-0.15, -0.1) is 0 Å². The SMILES string of the molecule is O=C(O)CCCCCCCC12CCCCC1CCCN=N2. The molecule has 1 aliphatic carbocycles. The van der Waals surface area contributed by atoms with Crippen molar-refractivity contribution in [1.29, 1.82) is 0 Å². The van der Waals surface area contributed by atoms with Crippen LogP contribution in [0.3, 0.4) is 0 Å². The third-order valence-corrected chi connectivity index (χ3v) is 5.25. The van der Waals surface area contributed by atoms with Gasteiger partial charge in [0.1, 0.15) is 0 Å². The molecule has 1 N–H and O–H groups in total. The van der Waals surface area contributed by atoms with Gasteiger partial charge < -0.3 is 5.11 Å². The summed E-state index contributed by atoms with van der Waals surface area (Å²) in [4.78, 5) is 10.5. The summed E-state index contributed by atoms with van der Waals surface area (Å²) in [5.74, 6) is 0.0994. The molecule has 4 nitrogen and oxygen atoms in total. The van der Waals surface area contributed by atoms with E-state index < -0.39 is 5.97 Å².